The zero-order chi connectivity index (χ0) is 28.3. The Labute approximate surface area is 240 Å². The molecule has 0 bridgehead atoms. The first-order chi connectivity index (χ1) is 20.0. The predicted molar refractivity (Wildman–Crippen MR) is 163 cm³/mol. The molecule has 0 spiro atoms. The van der Waals surface area contributed by atoms with Gasteiger partial charge in [-0.3, -0.25) is 14.4 Å². The molecule has 1 saturated heterocycles. The van der Waals surface area contributed by atoms with E-state index in [0.29, 0.717) is 42.6 Å². The van der Waals surface area contributed by atoms with Crippen molar-refractivity contribution in [2.75, 3.05) is 20.1 Å². The van der Waals surface area contributed by atoms with E-state index in [1.165, 1.54) is 0 Å². The van der Waals surface area contributed by atoms with Crippen LogP contribution < -0.4 is 0 Å². The third-order valence-electron chi connectivity index (χ3n) is 8.10. The molecule has 1 fully saturated rings. The average molecular weight is 540 g/mol. The molecule has 1 aliphatic rings. The molecule has 2 amide bonds. The summed E-state index contributed by atoms with van der Waals surface area (Å²) in [5.74, 6) is -0.364. The predicted octanol–water partition coefficient (Wildman–Crippen LogP) is 6.81. The van der Waals surface area contributed by atoms with Crippen LogP contribution in [0.1, 0.15) is 49.5 Å². The van der Waals surface area contributed by atoms with Gasteiger partial charge in [0.05, 0.1) is 12.0 Å². The molecule has 5 heteroatoms. The molecule has 41 heavy (non-hydrogen) atoms. The van der Waals surface area contributed by atoms with Gasteiger partial charge in [0.25, 0.3) is 11.8 Å². The van der Waals surface area contributed by atoms with Crippen LogP contribution in [0.5, 0.6) is 0 Å². The molecule has 1 radical (unpaired) electrons. The standard InChI is InChI=1S/C36H31N2O3/c1-37(31-17-19-38(20-18-31)35(40)30-16-15-26-11-5-6-12-27(26)22-30)36(41)33-24-29-14-8-7-13-28(29)23-32(33)34(39)21-25-9-3-2-4-10-25/h2-16,21-24,31H,17-20H2,1H3. The lowest BCUT2D eigenvalue weighted by atomic mass is 9.93. The van der Waals surface area contributed by atoms with Crippen LogP contribution in [-0.2, 0) is 0 Å². The van der Waals surface area contributed by atoms with Crippen LogP contribution in [-0.4, -0.2) is 53.6 Å². The summed E-state index contributed by atoms with van der Waals surface area (Å²) in [6.07, 6.45) is 2.93. The number of amides is 2. The van der Waals surface area contributed by atoms with Gasteiger partial charge in [0, 0.05) is 37.3 Å². The van der Waals surface area contributed by atoms with Gasteiger partial charge in [-0.25, -0.2) is 0 Å². The monoisotopic (exact) mass is 539 g/mol. The van der Waals surface area contributed by atoms with Crippen LogP contribution in [0.4, 0.5) is 0 Å². The smallest absolute Gasteiger partial charge is 0.254 e. The van der Waals surface area contributed by atoms with Crippen LogP contribution in [0.3, 0.4) is 0 Å². The minimum Gasteiger partial charge on any atom is -0.339 e. The third-order valence-corrected chi connectivity index (χ3v) is 8.10. The van der Waals surface area contributed by atoms with Gasteiger partial charge in [0.15, 0.2) is 5.78 Å². The number of nitrogens with zero attached hydrogens (tertiary/aromatic N) is 2. The largest absolute Gasteiger partial charge is 0.339 e. The van der Waals surface area contributed by atoms with Crippen LogP contribution in [0.15, 0.2) is 109 Å². The van der Waals surface area contributed by atoms with Crippen molar-refractivity contribution in [2.45, 2.75) is 18.9 Å². The number of rotatable bonds is 6. The number of hydrogen-bond donors (Lipinski definition) is 0. The van der Waals surface area contributed by atoms with E-state index in [-0.39, 0.29) is 23.6 Å². The van der Waals surface area contributed by atoms with Gasteiger partial charge in [0.2, 0.25) is 0 Å². The van der Waals surface area contributed by atoms with E-state index in [1.807, 2.05) is 114 Å². The lowest BCUT2D eigenvalue weighted by Gasteiger charge is -2.37. The molecule has 0 aromatic heterocycles. The Morgan fingerprint density at radius 1 is 0.683 bits per heavy atom. The third kappa shape index (κ3) is 5.48. The van der Waals surface area contributed by atoms with Gasteiger partial charge in [-0.15, -0.1) is 0 Å². The number of fused-ring (bicyclic) bond motifs is 2. The maximum absolute atomic E-state index is 13.9. The fourth-order valence-corrected chi connectivity index (χ4v) is 5.72. The highest BCUT2D eigenvalue weighted by atomic mass is 16.2. The topological polar surface area (TPSA) is 57.7 Å². The van der Waals surface area contributed by atoms with Crippen molar-refractivity contribution in [3.05, 3.63) is 138 Å². The summed E-state index contributed by atoms with van der Waals surface area (Å²) in [5, 5.41) is 3.98. The Hall–Kier alpha value is -4.77. The fraction of sp³-hybridized carbons (Fsp3) is 0.167. The van der Waals surface area contributed by atoms with Crippen molar-refractivity contribution in [1.82, 2.24) is 9.80 Å². The Balaban J connectivity index is 1.19. The number of hydrogen-bond acceptors (Lipinski definition) is 3. The molecule has 5 aromatic carbocycles. The van der Waals surface area contributed by atoms with Crippen molar-refractivity contribution in [3.63, 3.8) is 0 Å². The SMILES string of the molecule is CN(C(=O)c1cc2ccccc2cc1C(=O)[CH]c1ccccc1)C1CCN(C(=O)c2ccc3ccccc3c2)CC1. The number of piperidine rings is 1. The van der Waals surface area contributed by atoms with Gasteiger partial charge in [-0.1, -0.05) is 84.9 Å². The maximum atomic E-state index is 13.9. The molecule has 0 aliphatic carbocycles. The van der Waals surface area contributed by atoms with Crippen molar-refractivity contribution in [2.24, 2.45) is 0 Å². The Kier molecular flexibility index (Phi) is 7.34. The minimum atomic E-state index is -0.200. The Morgan fingerprint density at radius 3 is 1.90 bits per heavy atom. The Bertz CT molecular complexity index is 1750. The van der Waals surface area contributed by atoms with E-state index >= 15 is 0 Å². The lowest BCUT2D eigenvalue weighted by Crippen LogP contribution is -2.47. The molecular weight excluding hydrogens is 508 g/mol. The van der Waals surface area contributed by atoms with E-state index in [9.17, 15) is 14.4 Å². The first-order valence-corrected chi connectivity index (χ1v) is 14.0. The number of Topliss-reactive ketones (excluding diaryl/α,β-unsaturated/α-hetero) is 1. The normalized spacial score (nSPS) is 13.8. The van der Waals surface area contributed by atoms with Crippen molar-refractivity contribution < 1.29 is 14.4 Å². The lowest BCUT2D eigenvalue weighted by molar-refractivity contribution is 0.0568. The van der Waals surface area contributed by atoms with Crippen molar-refractivity contribution in [3.8, 4) is 0 Å². The molecule has 0 atom stereocenters. The Morgan fingerprint density at radius 2 is 1.24 bits per heavy atom. The number of carbonyl (C=O) groups is 3. The second kappa shape index (κ2) is 11.4. The second-order valence-corrected chi connectivity index (χ2v) is 10.7. The first kappa shape index (κ1) is 26.5. The number of likely N-dealkylation sites (tertiary alicyclic amines) is 1. The van der Waals surface area contributed by atoms with Gasteiger partial charge < -0.3 is 9.80 Å². The quantitative estimate of drug-likeness (QED) is 0.223. The number of ketones is 1. The molecule has 6 rings (SSSR count). The summed E-state index contributed by atoms with van der Waals surface area (Å²) in [6.45, 7) is 1.14. The molecular formula is C36H31N2O3. The van der Waals surface area contributed by atoms with E-state index in [1.54, 1.807) is 18.4 Å². The van der Waals surface area contributed by atoms with Crippen LogP contribution in [0, 0.1) is 6.42 Å². The van der Waals surface area contributed by atoms with Crippen LogP contribution >= 0.6 is 0 Å². The van der Waals surface area contributed by atoms with E-state index in [0.717, 1.165) is 27.1 Å². The fourth-order valence-electron chi connectivity index (χ4n) is 5.72. The number of carbonyl (C=O) groups excluding carboxylic acids is 3. The highest BCUT2D eigenvalue weighted by Gasteiger charge is 2.30. The molecule has 1 heterocycles. The summed E-state index contributed by atoms with van der Waals surface area (Å²) in [4.78, 5) is 44.3. The van der Waals surface area contributed by atoms with Gasteiger partial charge in [0.1, 0.15) is 0 Å². The van der Waals surface area contributed by atoms with Gasteiger partial charge in [-0.2, -0.15) is 0 Å². The van der Waals surface area contributed by atoms with Gasteiger partial charge >= 0.3 is 0 Å². The van der Waals surface area contributed by atoms with E-state index in [4.69, 9.17) is 0 Å². The maximum Gasteiger partial charge on any atom is 0.254 e. The van der Waals surface area contributed by atoms with Crippen LogP contribution in [0.2, 0.25) is 0 Å². The zero-order valence-corrected chi connectivity index (χ0v) is 23.0. The summed E-state index contributed by atoms with van der Waals surface area (Å²) < 4.78 is 0. The molecule has 1 aliphatic heterocycles. The summed E-state index contributed by atoms with van der Waals surface area (Å²) in [5.41, 5.74) is 2.27. The number of benzene rings is 5. The molecule has 203 valence electrons. The average Bonchev–Trinajstić information content (AvgIpc) is 3.03. The highest BCUT2D eigenvalue weighted by molar-refractivity contribution is 6.15. The minimum absolute atomic E-state index is 0.0158. The molecule has 0 saturated carbocycles. The molecule has 0 N–H and O–H groups in total. The summed E-state index contributed by atoms with van der Waals surface area (Å²) in [7, 11) is 1.80. The van der Waals surface area contributed by atoms with Crippen molar-refractivity contribution in [1.29, 1.82) is 0 Å². The molecule has 5 aromatic rings. The molecule has 5 nitrogen and oxygen atoms in total. The van der Waals surface area contributed by atoms with Gasteiger partial charge in [-0.05, 0) is 64.2 Å². The van der Waals surface area contributed by atoms with Crippen molar-refractivity contribution >= 4 is 39.1 Å². The second-order valence-electron chi connectivity index (χ2n) is 10.7. The van der Waals surface area contributed by atoms with E-state index in [2.05, 4.69) is 0 Å². The molecule has 0 unspecified atom stereocenters. The summed E-state index contributed by atoms with van der Waals surface area (Å²) >= 11 is 0. The zero-order valence-electron chi connectivity index (χ0n) is 23.0. The van der Waals surface area contributed by atoms with Crippen LogP contribution in [0.25, 0.3) is 21.5 Å². The highest BCUT2D eigenvalue weighted by Crippen LogP contribution is 2.26. The first-order valence-electron chi connectivity index (χ1n) is 14.0. The summed E-state index contributed by atoms with van der Waals surface area (Å²) in [6, 6.07) is 34.7. The van der Waals surface area contributed by atoms with E-state index < -0.39 is 0 Å².